The Balaban J connectivity index is 1.92. The summed E-state index contributed by atoms with van der Waals surface area (Å²) in [6, 6.07) is 15.3. The minimum atomic E-state index is -0.835. The fourth-order valence-electron chi connectivity index (χ4n) is 3.44. The molecule has 1 unspecified atom stereocenters. The summed E-state index contributed by atoms with van der Waals surface area (Å²) in [7, 11) is 0. The van der Waals surface area contributed by atoms with Crippen LogP contribution >= 0.6 is 11.3 Å². The Morgan fingerprint density at radius 1 is 1.10 bits per heavy atom. The van der Waals surface area contributed by atoms with Crippen molar-refractivity contribution >= 4 is 40.2 Å². The average Bonchev–Trinajstić information content (AvgIpc) is 3.36. The lowest BCUT2D eigenvalue weighted by atomic mass is 9.99. The lowest BCUT2D eigenvalue weighted by molar-refractivity contribution is -0.384. The Morgan fingerprint density at radius 2 is 1.83 bits per heavy atom. The number of carbonyl (C=O) groups excluding carboxylic acids is 2. The van der Waals surface area contributed by atoms with Crippen LogP contribution in [0.4, 0.5) is 11.4 Å². The van der Waals surface area contributed by atoms with Crippen LogP contribution in [0.2, 0.25) is 0 Å². The smallest absolute Gasteiger partial charge is 0.300 e. The molecule has 1 N–H and O–H groups in total. The summed E-state index contributed by atoms with van der Waals surface area (Å²) in [5.41, 5.74) is 1.31. The van der Waals surface area contributed by atoms with E-state index in [2.05, 4.69) is 0 Å². The van der Waals surface area contributed by atoms with Gasteiger partial charge in [-0.2, -0.15) is 0 Å². The van der Waals surface area contributed by atoms with Crippen molar-refractivity contribution in [3.8, 4) is 0 Å². The summed E-state index contributed by atoms with van der Waals surface area (Å²) in [4.78, 5) is 38.5. The van der Waals surface area contributed by atoms with Crippen molar-refractivity contribution in [1.82, 2.24) is 0 Å². The second-order valence-corrected chi connectivity index (χ2v) is 7.81. The molecule has 1 aliphatic heterocycles. The third-order valence-electron chi connectivity index (χ3n) is 4.90. The lowest BCUT2D eigenvalue weighted by Crippen LogP contribution is -2.29. The largest absolute Gasteiger partial charge is 0.507 e. The first-order valence-corrected chi connectivity index (χ1v) is 9.92. The van der Waals surface area contributed by atoms with Gasteiger partial charge in [0.2, 0.25) is 0 Å². The number of non-ortho nitro benzene ring substituents is 1. The molecule has 8 heteroatoms. The highest BCUT2D eigenvalue weighted by Gasteiger charge is 2.47. The van der Waals surface area contributed by atoms with Gasteiger partial charge >= 0.3 is 0 Å². The van der Waals surface area contributed by atoms with Crippen molar-refractivity contribution in [2.75, 3.05) is 4.90 Å². The molecule has 1 amide bonds. The molecule has 2 heterocycles. The molecule has 150 valence electrons. The molecule has 1 saturated heterocycles. The number of rotatable bonds is 4. The average molecular weight is 420 g/mol. The number of amides is 1. The van der Waals surface area contributed by atoms with E-state index in [4.69, 9.17) is 0 Å². The minimum absolute atomic E-state index is 0.0940. The van der Waals surface area contributed by atoms with Gasteiger partial charge in [0.05, 0.1) is 10.5 Å². The van der Waals surface area contributed by atoms with E-state index in [1.807, 2.05) is 24.4 Å². The molecule has 2 aromatic carbocycles. The van der Waals surface area contributed by atoms with Crippen LogP contribution in [0, 0.1) is 17.0 Å². The second kappa shape index (κ2) is 7.57. The lowest BCUT2D eigenvalue weighted by Gasteiger charge is -2.24. The molecule has 0 aliphatic carbocycles. The van der Waals surface area contributed by atoms with E-state index in [9.17, 15) is 24.8 Å². The van der Waals surface area contributed by atoms with Gasteiger partial charge in [0.1, 0.15) is 11.8 Å². The maximum absolute atomic E-state index is 13.0. The van der Waals surface area contributed by atoms with E-state index >= 15 is 0 Å². The van der Waals surface area contributed by atoms with Crippen molar-refractivity contribution in [3.63, 3.8) is 0 Å². The van der Waals surface area contributed by atoms with Gasteiger partial charge < -0.3 is 5.11 Å². The van der Waals surface area contributed by atoms with E-state index < -0.39 is 28.4 Å². The van der Waals surface area contributed by atoms with Crippen LogP contribution in [-0.2, 0) is 9.59 Å². The quantitative estimate of drug-likeness (QED) is 0.219. The molecule has 4 rings (SSSR count). The topological polar surface area (TPSA) is 101 Å². The highest BCUT2D eigenvalue weighted by Crippen LogP contribution is 2.43. The fraction of sp³-hybridized carbons (Fsp3) is 0.0909. The zero-order valence-corrected chi connectivity index (χ0v) is 16.6. The number of nitro groups is 1. The molecule has 3 aromatic rings. The van der Waals surface area contributed by atoms with Gasteiger partial charge in [-0.05, 0) is 30.5 Å². The van der Waals surface area contributed by atoms with Gasteiger partial charge in [0, 0.05) is 28.3 Å². The Hall–Kier alpha value is -3.78. The normalized spacial score (nSPS) is 18.0. The van der Waals surface area contributed by atoms with Gasteiger partial charge in [-0.25, -0.2) is 0 Å². The zero-order valence-electron chi connectivity index (χ0n) is 15.8. The number of benzene rings is 2. The number of nitro benzene ring substituents is 1. The number of hydrogen-bond acceptors (Lipinski definition) is 6. The molecule has 30 heavy (non-hydrogen) atoms. The molecule has 0 bridgehead atoms. The number of ketones is 1. The summed E-state index contributed by atoms with van der Waals surface area (Å²) in [5, 5.41) is 23.9. The van der Waals surface area contributed by atoms with Gasteiger partial charge in [-0.15, -0.1) is 11.3 Å². The van der Waals surface area contributed by atoms with Gasteiger partial charge in [-0.3, -0.25) is 24.6 Å². The van der Waals surface area contributed by atoms with Crippen molar-refractivity contribution in [2.45, 2.75) is 13.0 Å². The Kier molecular flexibility index (Phi) is 4.93. The summed E-state index contributed by atoms with van der Waals surface area (Å²) in [6.07, 6.45) is 0. The minimum Gasteiger partial charge on any atom is -0.507 e. The van der Waals surface area contributed by atoms with Crippen molar-refractivity contribution < 1.29 is 19.6 Å². The molecule has 7 nitrogen and oxygen atoms in total. The van der Waals surface area contributed by atoms with Crippen LogP contribution in [0.25, 0.3) is 5.76 Å². The monoisotopic (exact) mass is 420 g/mol. The fourth-order valence-corrected chi connectivity index (χ4v) is 4.27. The number of thiophene rings is 1. The SMILES string of the molecule is Cc1ccc(N2C(=O)C(=O)/C(=C(\O)c3cccc([N+](=O)[O-])c3)C2c2cccs2)cc1. The highest BCUT2D eigenvalue weighted by atomic mass is 32.1. The second-order valence-electron chi connectivity index (χ2n) is 6.83. The van der Waals surface area contributed by atoms with Crippen LogP contribution < -0.4 is 4.90 Å². The number of Topliss-reactive ketones (excluding diaryl/α,β-unsaturated/α-hetero) is 1. The molecule has 1 aliphatic rings. The number of hydrogen-bond donors (Lipinski definition) is 1. The Morgan fingerprint density at radius 3 is 2.47 bits per heavy atom. The molecule has 0 spiro atoms. The Labute approximate surface area is 175 Å². The molecule has 0 radical (unpaired) electrons. The van der Waals surface area contributed by atoms with Crippen LogP contribution in [0.15, 0.2) is 71.6 Å². The van der Waals surface area contributed by atoms with E-state index in [0.29, 0.717) is 10.6 Å². The van der Waals surface area contributed by atoms with E-state index in [1.54, 1.807) is 24.3 Å². The molecule has 0 saturated carbocycles. The van der Waals surface area contributed by atoms with E-state index in [1.165, 1.54) is 40.5 Å². The third kappa shape index (κ3) is 3.27. The predicted octanol–water partition coefficient (Wildman–Crippen LogP) is 4.59. The number of nitrogens with zero attached hydrogens (tertiary/aromatic N) is 2. The number of carbonyl (C=O) groups is 2. The maximum Gasteiger partial charge on any atom is 0.300 e. The summed E-state index contributed by atoms with van der Waals surface area (Å²) in [5.74, 6) is -2.03. The van der Waals surface area contributed by atoms with Gasteiger partial charge in [-0.1, -0.05) is 35.9 Å². The molecule has 1 aromatic heterocycles. The molecule has 1 fully saturated rings. The zero-order chi connectivity index (χ0) is 21.4. The summed E-state index contributed by atoms with van der Waals surface area (Å²) < 4.78 is 0. The predicted molar refractivity (Wildman–Crippen MR) is 113 cm³/mol. The van der Waals surface area contributed by atoms with Crippen molar-refractivity contribution in [3.05, 3.63) is 97.7 Å². The summed E-state index contributed by atoms with van der Waals surface area (Å²) >= 11 is 1.35. The number of aliphatic hydroxyl groups is 1. The number of aliphatic hydroxyl groups excluding tert-OH is 1. The van der Waals surface area contributed by atoms with Crippen LogP contribution in [0.1, 0.15) is 22.0 Å². The van der Waals surface area contributed by atoms with Crippen molar-refractivity contribution in [2.24, 2.45) is 0 Å². The standard InChI is InChI=1S/C22H16N2O5S/c1-13-7-9-15(10-8-13)23-19(17-6-3-11-30-17)18(21(26)22(23)27)20(25)14-4-2-5-16(12-14)24(28)29/h2-12,19,25H,1H3/b20-18-. The molecular weight excluding hydrogens is 404 g/mol. The highest BCUT2D eigenvalue weighted by molar-refractivity contribution is 7.10. The first-order valence-electron chi connectivity index (χ1n) is 9.04. The van der Waals surface area contributed by atoms with Crippen LogP contribution in [0.3, 0.4) is 0 Å². The van der Waals surface area contributed by atoms with E-state index in [0.717, 1.165) is 5.56 Å². The number of aryl methyl sites for hydroxylation is 1. The molecular formula is C22H16N2O5S. The Bertz CT molecular complexity index is 1180. The van der Waals surface area contributed by atoms with Crippen LogP contribution in [-0.4, -0.2) is 21.7 Å². The van der Waals surface area contributed by atoms with Crippen molar-refractivity contribution in [1.29, 1.82) is 0 Å². The van der Waals surface area contributed by atoms with Gasteiger partial charge in [0.15, 0.2) is 0 Å². The third-order valence-corrected chi connectivity index (χ3v) is 5.82. The first-order chi connectivity index (χ1) is 14.4. The first kappa shape index (κ1) is 19.5. The molecule has 1 atom stereocenters. The number of anilines is 1. The van der Waals surface area contributed by atoms with Crippen LogP contribution in [0.5, 0.6) is 0 Å². The maximum atomic E-state index is 13.0. The van der Waals surface area contributed by atoms with Gasteiger partial charge in [0.25, 0.3) is 17.4 Å². The summed E-state index contributed by atoms with van der Waals surface area (Å²) in [6.45, 7) is 1.91. The van der Waals surface area contributed by atoms with E-state index in [-0.39, 0.29) is 16.8 Å².